The van der Waals surface area contributed by atoms with Crippen molar-refractivity contribution in [3.05, 3.63) is 75.0 Å². The number of ether oxygens (including phenoxy) is 1. The van der Waals surface area contributed by atoms with Crippen LogP contribution < -0.4 is 21.7 Å². The van der Waals surface area contributed by atoms with Crippen molar-refractivity contribution < 1.29 is 13.9 Å². The average Bonchev–Trinajstić information content (AvgIpc) is 3.53. The Labute approximate surface area is 191 Å². The van der Waals surface area contributed by atoms with Gasteiger partial charge in [0.2, 0.25) is 0 Å². The molecule has 0 bridgehead atoms. The van der Waals surface area contributed by atoms with E-state index in [-0.39, 0.29) is 35.5 Å². The number of allylic oxidation sites excluding steroid dienone is 1. The molecule has 1 aliphatic carbocycles. The van der Waals surface area contributed by atoms with Crippen LogP contribution in [0.4, 0.5) is 10.2 Å². The summed E-state index contributed by atoms with van der Waals surface area (Å²) in [7, 11) is 0. The van der Waals surface area contributed by atoms with Crippen LogP contribution in [0.2, 0.25) is 0 Å². The van der Waals surface area contributed by atoms with Gasteiger partial charge in [-0.3, -0.25) is 23.7 Å². The quantitative estimate of drug-likeness (QED) is 0.259. The summed E-state index contributed by atoms with van der Waals surface area (Å²) < 4.78 is 22.2. The molecule has 0 unspecified atom stereocenters. The molecule has 1 fully saturated rings. The number of aromatic nitrogens is 5. The van der Waals surface area contributed by atoms with E-state index >= 15 is 0 Å². The number of ketones is 1. The summed E-state index contributed by atoms with van der Waals surface area (Å²) in [5, 5.41) is 8.54. The monoisotopic (exact) mass is 472 g/mol. The molecule has 1 saturated carbocycles. The minimum absolute atomic E-state index is 0.0464. The maximum absolute atomic E-state index is 13.8. The Morgan fingerprint density at radius 3 is 2.79 bits per heavy atom. The minimum atomic E-state index is -0.813. The number of para-hydroxylation sites is 1. The van der Waals surface area contributed by atoms with Crippen LogP contribution in [0.15, 0.2) is 51.7 Å². The van der Waals surface area contributed by atoms with Crippen molar-refractivity contribution in [3.8, 4) is 5.75 Å². The molecule has 1 aromatic carbocycles. The Hall–Kier alpha value is -3.67. The number of nitrogens with one attached hydrogen (secondary N) is 1. The fourth-order valence-electron chi connectivity index (χ4n) is 3.28. The van der Waals surface area contributed by atoms with Gasteiger partial charge in [-0.15, -0.1) is 16.8 Å². The molecule has 2 aromatic heterocycles. The van der Waals surface area contributed by atoms with Crippen LogP contribution in [0.3, 0.4) is 0 Å². The second-order valence-electron chi connectivity index (χ2n) is 7.35. The molecule has 33 heavy (non-hydrogen) atoms. The first-order valence-electron chi connectivity index (χ1n) is 10.1. The van der Waals surface area contributed by atoms with E-state index in [0.29, 0.717) is 17.5 Å². The number of hydrogen-bond acceptors (Lipinski definition) is 8. The molecule has 0 amide bonds. The van der Waals surface area contributed by atoms with Gasteiger partial charge in [0, 0.05) is 12.6 Å². The number of halogens is 1. The lowest BCUT2D eigenvalue weighted by Gasteiger charge is -2.11. The molecule has 4 rings (SSSR count). The molecule has 0 spiro atoms. The average molecular weight is 473 g/mol. The van der Waals surface area contributed by atoms with Crippen LogP contribution in [0.1, 0.15) is 35.1 Å². The van der Waals surface area contributed by atoms with Gasteiger partial charge < -0.3 is 10.5 Å². The van der Waals surface area contributed by atoms with E-state index < -0.39 is 22.8 Å². The van der Waals surface area contributed by atoms with Gasteiger partial charge in [0.1, 0.15) is 18.0 Å². The molecular formula is C21H21FN6O4S. The van der Waals surface area contributed by atoms with Gasteiger partial charge in [-0.05, 0) is 25.0 Å². The smallest absolute Gasteiger partial charge is 0.330 e. The molecule has 172 valence electrons. The van der Waals surface area contributed by atoms with Crippen LogP contribution >= 0.6 is 11.8 Å². The van der Waals surface area contributed by atoms with Crippen molar-refractivity contribution in [1.29, 1.82) is 0 Å². The number of H-pyrrole nitrogens is 1. The molecule has 3 N–H and O–H groups in total. The fourth-order valence-corrected chi connectivity index (χ4v) is 4.12. The number of benzene rings is 1. The van der Waals surface area contributed by atoms with E-state index in [9.17, 15) is 18.8 Å². The second kappa shape index (κ2) is 9.45. The zero-order valence-electron chi connectivity index (χ0n) is 17.5. The number of carbonyl (C=O) groups is 1. The number of anilines is 1. The zero-order chi connectivity index (χ0) is 23.5. The molecule has 1 aliphatic rings. The fraction of sp³-hybridized carbons (Fsp3) is 0.286. The number of aromatic amines is 1. The highest BCUT2D eigenvalue weighted by atomic mass is 32.2. The van der Waals surface area contributed by atoms with Crippen molar-refractivity contribution in [1.82, 2.24) is 24.3 Å². The summed E-state index contributed by atoms with van der Waals surface area (Å²) in [6, 6.07) is 5.90. The van der Waals surface area contributed by atoms with Gasteiger partial charge in [0.15, 0.2) is 28.3 Å². The summed E-state index contributed by atoms with van der Waals surface area (Å²) >= 11 is 1.05. The van der Waals surface area contributed by atoms with Crippen molar-refractivity contribution in [2.45, 2.75) is 37.2 Å². The van der Waals surface area contributed by atoms with E-state index in [1.165, 1.54) is 16.7 Å². The first-order chi connectivity index (χ1) is 15.9. The van der Waals surface area contributed by atoms with E-state index in [4.69, 9.17) is 10.5 Å². The molecule has 12 heteroatoms. The highest BCUT2D eigenvalue weighted by Crippen LogP contribution is 2.35. The molecule has 2 heterocycles. The number of Topliss-reactive ketones (excluding diaryl/α,β-unsaturated/α-hetero) is 1. The first-order valence-corrected chi connectivity index (χ1v) is 11.1. The molecule has 0 atom stereocenters. The Morgan fingerprint density at radius 2 is 2.09 bits per heavy atom. The number of nitrogen functional groups attached to an aromatic ring is 1. The third-order valence-corrected chi connectivity index (χ3v) is 5.97. The van der Waals surface area contributed by atoms with Crippen molar-refractivity contribution >= 4 is 23.4 Å². The van der Waals surface area contributed by atoms with Gasteiger partial charge in [-0.1, -0.05) is 30.0 Å². The number of rotatable bonds is 10. The van der Waals surface area contributed by atoms with Gasteiger partial charge in [0.25, 0.3) is 5.56 Å². The van der Waals surface area contributed by atoms with E-state index in [1.54, 1.807) is 22.8 Å². The van der Waals surface area contributed by atoms with Crippen LogP contribution in [-0.4, -0.2) is 35.9 Å². The normalized spacial score (nSPS) is 13.1. The highest BCUT2D eigenvalue weighted by Gasteiger charge is 2.30. The van der Waals surface area contributed by atoms with Crippen LogP contribution in [-0.2, 0) is 13.2 Å². The van der Waals surface area contributed by atoms with Crippen LogP contribution in [0, 0.1) is 5.82 Å². The van der Waals surface area contributed by atoms with E-state index in [0.717, 1.165) is 24.6 Å². The summed E-state index contributed by atoms with van der Waals surface area (Å²) in [6.45, 7) is 3.99. The number of hydrogen-bond donors (Lipinski definition) is 2. The largest absolute Gasteiger partial charge is 0.483 e. The number of nitrogens with zero attached hydrogens (tertiary/aromatic N) is 4. The summed E-state index contributed by atoms with van der Waals surface area (Å²) in [4.78, 5) is 39.3. The lowest BCUT2D eigenvalue weighted by atomic mass is 10.2. The third kappa shape index (κ3) is 4.75. The molecule has 0 saturated heterocycles. The Morgan fingerprint density at radius 1 is 1.33 bits per heavy atom. The SMILES string of the molecule is C=CCn1c(COc2ccccc2F)nnc1SCC(=O)c1c(N)n(C2CC2)c(=O)[nH]c1=O. The summed E-state index contributed by atoms with van der Waals surface area (Å²) in [5.41, 5.74) is 4.33. The summed E-state index contributed by atoms with van der Waals surface area (Å²) in [5.74, 6) is -0.820. The molecule has 3 aromatic rings. The first kappa shape index (κ1) is 22.5. The van der Waals surface area contributed by atoms with Gasteiger partial charge in [-0.25, -0.2) is 9.18 Å². The summed E-state index contributed by atoms with van der Waals surface area (Å²) in [6.07, 6.45) is 3.15. The predicted octanol–water partition coefficient (Wildman–Crippen LogP) is 1.92. The maximum atomic E-state index is 13.8. The van der Waals surface area contributed by atoms with Crippen molar-refractivity contribution in [2.24, 2.45) is 0 Å². The molecule has 0 aliphatic heterocycles. The molecular weight excluding hydrogens is 451 g/mol. The highest BCUT2D eigenvalue weighted by molar-refractivity contribution is 7.99. The van der Waals surface area contributed by atoms with E-state index in [1.807, 2.05) is 0 Å². The standard InChI is InChI=1S/C21H21FN6O4S/c1-2-9-27-16(10-32-15-6-4-3-5-13(15)22)25-26-21(27)33-11-14(29)17-18(23)28(12-7-8-12)20(31)24-19(17)30/h2-6,12H,1,7-11,23H2,(H,24,30,31). The van der Waals surface area contributed by atoms with E-state index in [2.05, 4.69) is 21.8 Å². The van der Waals surface area contributed by atoms with Gasteiger partial charge in [0.05, 0.1) is 5.75 Å². The Kier molecular flexibility index (Phi) is 6.45. The number of carbonyl (C=O) groups excluding carboxylic acids is 1. The maximum Gasteiger partial charge on any atom is 0.330 e. The Bertz CT molecular complexity index is 1330. The molecule has 0 radical (unpaired) electrons. The topological polar surface area (TPSA) is 138 Å². The lowest BCUT2D eigenvalue weighted by Crippen LogP contribution is -2.36. The van der Waals surface area contributed by atoms with Crippen molar-refractivity contribution in [2.75, 3.05) is 11.5 Å². The van der Waals surface area contributed by atoms with Crippen LogP contribution in [0.25, 0.3) is 0 Å². The Balaban J connectivity index is 1.51. The number of nitrogens with two attached hydrogens (primary N) is 1. The van der Waals surface area contributed by atoms with Gasteiger partial charge in [-0.2, -0.15) is 0 Å². The third-order valence-electron chi connectivity index (χ3n) is 5.00. The second-order valence-corrected chi connectivity index (χ2v) is 8.29. The zero-order valence-corrected chi connectivity index (χ0v) is 18.3. The predicted molar refractivity (Wildman–Crippen MR) is 120 cm³/mol. The minimum Gasteiger partial charge on any atom is -0.483 e. The van der Waals surface area contributed by atoms with Crippen molar-refractivity contribution in [3.63, 3.8) is 0 Å². The van der Waals surface area contributed by atoms with Crippen LogP contribution in [0.5, 0.6) is 5.75 Å². The van der Waals surface area contributed by atoms with Gasteiger partial charge >= 0.3 is 5.69 Å². The molecule has 10 nitrogen and oxygen atoms in total. The number of thioether (sulfide) groups is 1. The lowest BCUT2D eigenvalue weighted by molar-refractivity contribution is 0.102.